The minimum atomic E-state index is -0.986. The van der Waals surface area contributed by atoms with E-state index < -0.39 is 11.7 Å². The van der Waals surface area contributed by atoms with Crippen molar-refractivity contribution in [2.45, 2.75) is 352 Å². The molecule has 7 aromatic rings. The first-order valence-electron chi connectivity index (χ1n) is 41.2. The minimum absolute atomic E-state index is 0.0481. The van der Waals surface area contributed by atoms with Crippen LogP contribution in [0.5, 0.6) is 0 Å². The van der Waals surface area contributed by atoms with Gasteiger partial charge in [-0.3, -0.25) is 10.8 Å². The first kappa shape index (κ1) is 82.3. The van der Waals surface area contributed by atoms with E-state index in [2.05, 4.69) is 118 Å². The minimum Gasteiger partial charge on any atom is -0.298 e. The lowest BCUT2D eigenvalue weighted by Crippen LogP contribution is -2.21. The summed E-state index contributed by atoms with van der Waals surface area (Å²) in [7, 11) is 0. The van der Waals surface area contributed by atoms with E-state index in [1.54, 1.807) is 11.3 Å². The van der Waals surface area contributed by atoms with Gasteiger partial charge >= 0.3 is 0 Å². The monoisotopic (exact) mass is 1470 g/mol. The second kappa shape index (κ2) is 44.6. The van der Waals surface area contributed by atoms with Gasteiger partial charge in [0.25, 0.3) is 0 Å². The number of rotatable bonds is 53. The molecule has 0 aliphatic heterocycles. The molecule has 0 radical (unpaired) electrons. The predicted octanol–water partition coefficient (Wildman–Crippen LogP) is 33.5. The SMILES string of the molecule is CCCCCCCCCCC(CCCCCCCC)Cc1cc(C2=C(F)C(F)=C(c3cc(CC(CCCCCCCC)CCCCCCCCCC)c(-c4cc5c(-c6ccc(CC(CC)CCCC)s6)c6sc(C)cc6c(-c6ccc(CC(CC)CCCC)s6)c5s4)s3)C(=N)C2=N)sc1C. The van der Waals surface area contributed by atoms with E-state index in [0.717, 1.165) is 48.3 Å². The number of halogens is 2. The maximum atomic E-state index is 17.9. The highest BCUT2D eigenvalue weighted by Gasteiger charge is 2.36. The molecule has 2 N–H and O–H groups in total. The summed E-state index contributed by atoms with van der Waals surface area (Å²) >= 11 is 10.9. The lowest BCUT2D eigenvalue weighted by Gasteiger charge is -2.19. The molecule has 0 saturated carbocycles. The molecule has 1 aliphatic carbocycles. The van der Waals surface area contributed by atoms with Crippen LogP contribution in [-0.2, 0) is 25.7 Å². The summed E-state index contributed by atoms with van der Waals surface area (Å²) in [4.78, 5) is 11.5. The molecular formula is C90H132F2N2S6. The van der Waals surface area contributed by atoms with Crippen molar-refractivity contribution in [3.05, 3.63) is 101 Å². The summed E-state index contributed by atoms with van der Waals surface area (Å²) in [5.41, 5.74) is 4.54. The molecule has 552 valence electrons. The van der Waals surface area contributed by atoms with Crippen molar-refractivity contribution < 1.29 is 8.78 Å². The molecule has 4 atom stereocenters. The summed E-state index contributed by atoms with van der Waals surface area (Å²) in [5.74, 6) is 0.359. The van der Waals surface area contributed by atoms with Crippen molar-refractivity contribution in [1.29, 1.82) is 10.8 Å². The Hall–Kier alpha value is -3.38. The summed E-state index contributed by atoms with van der Waals surface area (Å²) < 4.78 is 38.3. The molecule has 2 nitrogen and oxygen atoms in total. The Labute approximate surface area is 632 Å². The highest BCUT2D eigenvalue weighted by molar-refractivity contribution is 7.28. The van der Waals surface area contributed by atoms with Gasteiger partial charge in [-0.2, -0.15) is 0 Å². The van der Waals surface area contributed by atoms with Crippen LogP contribution in [0.3, 0.4) is 0 Å². The average Bonchev–Trinajstić information content (AvgIpc) is 1.55. The Morgan fingerprint density at radius 3 is 1.11 bits per heavy atom. The highest BCUT2D eigenvalue weighted by Crippen LogP contribution is 2.55. The van der Waals surface area contributed by atoms with Crippen molar-refractivity contribution in [2.24, 2.45) is 23.7 Å². The van der Waals surface area contributed by atoms with Crippen molar-refractivity contribution in [2.75, 3.05) is 0 Å². The fourth-order valence-corrected chi connectivity index (χ4v) is 23.3. The maximum Gasteiger partial charge on any atom is 0.170 e. The fourth-order valence-electron chi connectivity index (χ4n) is 16.0. The molecule has 1 aromatic carbocycles. The van der Waals surface area contributed by atoms with Crippen molar-refractivity contribution >= 4 is 111 Å². The van der Waals surface area contributed by atoms with E-state index in [4.69, 9.17) is 0 Å². The van der Waals surface area contributed by atoms with E-state index in [0.29, 0.717) is 33.4 Å². The van der Waals surface area contributed by atoms with Crippen LogP contribution in [0.25, 0.3) is 62.0 Å². The first-order chi connectivity index (χ1) is 48.8. The third-order valence-corrected chi connectivity index (χ3v) is 29.2. The summed E-state index contributed by atoms with van der Waals surface area (Å²) in [6.07, 6.45) is 54.6. The fraction of sp³-hybridized carbons (Fsp3) is 0.644. The normalized spacial score (nSPS) is 14.4. The second-order valence-corrected chi connectivity index (χ2v) is 37.5. The van der Waals surface area contributed by atoms with Gasteiger partial charge in [0.1, 0.15) is 0 Å². The number of thiophene rings is 6. The number of allylic oxidation sites excluding steroid dienone is 4. The van der Waals surface area contributed by atoms with E-state index in [9.17, 15) is 10.8 Å². The molecule has 100 heavy (non-hydrogen) atoms. The number of hydrogen-bond donors (Lipinski definition) is 2. The van der Waals surface area contributed by atoms with Crippen molar-refractivity contribution in [1.82, 2.24) is 0 Å². The van der Waals surface area contributed by atoms with E-state index in [1.807, 2.05) is 45.3 Å². The zero-order chi connectivity index (χ0) is 71.2. The Kier molecular flexibility index (Phi) is 36.7. The van der Waals surface area contributed by atoms with Crippen LogP contribution in [0.15, 0.2) is 60.2 Å². The first-order valence-corrected chi connectivity index (χ1v) is 46.1. The standard InChI is InChI=1S/C90H132F2N2S6/c1-11-19-25-29-33-35-39-43-48-67(47-41-37-31-27-21-13-3)56-69-60-77(96-64(69)10)82-84(91)85(92)83(87(94)86(82)93)78-61-70(57-68(49-42-38-32-28-22-14-4)50-44-40-36-34-30-26-20-12-2)88(99-78)79-62-74-81(76-54-52-72(98-76)59-66(18-8)46-24-16-6)89-73(55-63(9)95-89)80(90(74)100-79)75-53-51-71(97-75)58-65(17-7)45-23-15-5/h51-55,60-62,65-68,93-94H,11-50,56-59H2,1-10H3. The summed E-state index contributed by atoms with van der Waals surface area (Å²) in [5, 5.41) is 22.3. The Bertz CT molecular complexity index is 3510. The molecule has 10 heteroatoms. The van der Waals surface area contributed by atoms with Gasteiger partial charge in [-0.1, -0.05) is 312 Å². The van der Waals surface area contributed by atoms with Crippen LogP contribution in [-0.4, -0.2) is 11.4 Å². The number of unbranched alkanes of at least 4 members (excludes halogenated alkanes) is 26. The second-order valence-electron chi connectivity index (χ2n) is 30.5. The molecule has 0 fully saturated rings. The molecule has 6 aromatic heterocycles. The van der Waals surface area contributed by atoms with Crippen LogP contribution in [0.4, 0.5) is 8.78 Å². The topological polar surface area (TPSA) is 47.7 Å². The number of fused-ring (bicyclic) bond motifs is 2. The quantitative estimate of drug-likeness (QED) is 0.0282. The van der Waals surface area contributed by atoms with E-state index in [1.165, 1.54) is 327 Å². The third kappa shape index (κ3) is 23.8. The molecule has 0 amide bonds. The number of hydrogen-bond acceptors (Lipinski definition) is 8. The molecule has 4 unspecified atom stereocenters. The number of aryl methyl sites for hydroxylation is 2. The molecule has 0 saturated heterocycles. The smallest absolute Gasteiger partial charge is 0.170 e. The van der Waals surface area contributed by atoms with Crippen LogP contribution in [0, 0.1) is 48.3 Å². The average molecular weight is 1470 g/mol. The van der Waals surface area contributed by atoms with E-state index in [-0.39, 0.29) is 22.6 Å². The molecule has 6 heterocycles. The van der Waals surface area contributed by atoms with Gasteiger partial charge in [0, 0.05) is 80.1 Å². The number of nitrogens with one attached hydrogen (secondary N) is 2. The molecule has 0 bridgehead atoms. The lowest BCUT2D eigenvalue weighted by atomic mass is 9.87. The molecular weight excluding hydrogens is 1340 g/mol. The van der Waals surface area contributed by atoms with Crippen LogP contribution in [0.2, 0.25) is 0 Å². The number of benzene rings is 1. The highest BCUT2D eigenvalue weighted by atomic mass is 32.1. The Morgan fingerprint density at radius 2 is 0.690 bits per heavy atom. The zero-order valence-electron chi connectivity index (χ0n) is 64.2. The van der Waals surface area contributed by atoms with Crippen LogP contribution in [0.1, 0.15) is 353 Å². The Morgan fingerprint density at radius 1 is 0.330 bits per heavy atom. The van der Waals surface area contributed by atoms with Gasteiger partial charge < -0.3 is 0 Å². The van der Waals surface area contributed by atoms with Gasteiger partial charge in [0.15, 0.2) is 11.7 Å². The van der Waals surface area contributed by atoms with Crippen molar-refractivity contribution in [3.8, 4) is 30.6 Å². The zero-order valence-corrected chi connectivity index (χ0v) is 69.1. The largest absolute Gasteiger partial charge is 0.298 e. The van der Waals surface area contributed by atoms with Crippen LogP contribution < -0.4 is 0 Å². The summed E-state index contributed by atoms with van der Waals surface area (Å²) in [6, 6.07) is 18.9. The van der Waals surface area contributed by atoms with Gasteiger partial charge in [0.2, 0.25) is 0 Å². The Balaban J connectivity index is 1.24. The van der Waals surface area contributed by atoms with Gasteiger partial charge in [-0.25, -0.2) is 8.78 Å². The van der Waals surface area contributed by atoms with Gasteiger partial charge in [0.05, 0.1) is 22.6 Å². The third-order valence-electron chi connectivity index (χ3n) is 22.3. The van der Waals surface area contributed by atoms with Gasteiger partial charge in [-0.05, 0) is 123 Å². The van der Waals surface area contributed by atoms with Crippen molar-refractivity contribution in [3.63, 3.8) is 0 Å². The molecule has 0 spiro atoms. The summed E-state index contributed by atoms with van der Waals surface area (Å²) in [6.45, 7) is 22.9. The maximum absolute atomic E-state index is 17.9. The molecule has 8 rings (SSSR count). The lowest BCUT2D eigenvalue weighted by molar-refractivity contribution is 0.400. The van der Waals surface area contributed by atoms with Crippen LogP contribution >= 0.6 is 68.0 Å². The molecule has 1 aliphatic rings. The van der Waals surface area contributed by atoms with E-state index >= 15 is 8.78 Å². The van der Waals surface area contributed by atoms with Gasteiger partial charge in [-0.15, -0.1) is 68.0 Å². The predicted molar refractivity (Wildman–Crippen MR) is 451 cm³/mol.